The van der Waals surface area contributed by atoms with Crippen molar-refractivity contribution in [3.05, 3.63) is 34.1 Å². The van der Waals surface area contributed by atoms with Gasteiger partial charge >= 0.3 is 12.0 Å². The zero-order valence-electron chi connectivity index (χ0n) is 14.6. The van der Waals surface area contributed by atoms with Crippen molar-refractivity contribution in [3.63, 3.8) is 0 Å². The van der Waals surface area contributed by atoms with Gasteiger partial charge in [0.25, 0.3) is 5.91 Å². The molecule has 1 radical (unpaired) electrons. The van der Waals surface area contributed by atoms with Crippen molar-refractivity contribution in [2.75, 3.05) is 6.54 Å². The molecular weight excluding hydrogens is 449 g/mol. The first-order chi connectivity index (χ1) is 12.4. The Bertz CT molecular complexity index is 612. The first kappa shape index (κ1) is 22.1. The number of carboxylic acids is 1. The van der Waals surface area contributed by atoms with Gasteiger partial charge in [-0.1, -0.05) is 0 Å². The highest BCUT2D eigenvalue weighted by molar-refractivity contribution is 14.1. The number of urea groups is 1. The lowest BCUT2D eigenvalue weighted by molar-refractivity contribution is -0.137. The van der Waals surface area contributed by atoms with Crippen LogP contribution in [0.3, 0.4) is 0 Å². The summed E-state index contributed by atoms with van der Waals surface area (Å²) in [5.41, 5.74) is 0.541. The third-order valence-electron chi connectivity index (χ3n) is 3.43. The summed E-state index contributed by atoms with van der Waals surface area (Å²) in [6.45, 7) is 3.97. The fraction of sp³-hybridized carbons (Fsp3) is 0.471. The van der Waals surface area contributed by atoms with Crippen LogP contribution in [0.5, 0.6) is 0 Å². The summed E-state index contributed by atoms with van der Waals surface area (Å²) in [5.74, 6) is -1.02. The molecule has 0 fully saturated rings. The number of carbonyl (C=O) groups excluding carboxylic acids is 2. The zero-order chi connectivity index (χ0) is 19.4. The van der Waals surface area contributed by atoms with Crippen molar-refractivity contribution in [2.45, 2.75) is 45.1 Å². The number of nitrogens with zero attached hydrogens (tertiary/aromatic N) is 1. The lowest BCUT2D eigenvalue weighted by atomic mass is 10.2. The van der Waals surface area contributed by atoms with Crippen LogP contribution >= 0.6 is 22.6 Å². The Morgan fingerprint density at radius 3 is 2.77 bits per heavy atom. The van der Waals surface area contributed by atoms with Crippen molar-refractivity contribution in [1.82, 2.24) is 20.9 Å². The first-order valence-electron chi connectivity index (χ1n) is 8.37. The molecule has 1 rings (SSSR count). The third kappa shape index (κ3) is 10.2. The number of hydrogen-bond donors (Lipinski definition) is 4. The van der Waals surface area contributed by atoms with E-state index in [0.717, 1.165) is 16.4 Å². The molecule has 0 aromatic carbocycles. The standard InChI is InChI=1S/C17H24IN4O4/c1-12(5-6-15(23)24)22-17(26)21-8-4-2-3-7-20-16(25)13-9-14(18)11-19-10-13/h8-12H,2-7H2,1H3,(H,20,25)(H,23,24)(H2,21,22,26)/i18-2. The largest absolute Gasteiger partial charge is 0.481 e. The van der Waals surface area contributed by atoms with Crippen LogP contribution in [0.4, 0.5) is 4.79 Å². The van der Waals surface area contributed by atoms with Crippen LogP contribution in [0.1, 0.15) is 49.4 Å². The van der Waals surface area contributed by atoms with Crippen LogP contribution in [-0.4, -0.2) is 40.6 Å². The van der Waals surface area contributed by atoms with Gasteiger partial charge in [0, 0.05) is 35.0 Å². The van der Waals surface area contributed by atoms with Gasteiger partial charge in [-0.3, -0.25) is 14.6 Å². The number of hydrogen-bond acceptors (Lipinski definition) is 4. The highest BCUT2D eigenvalue weighted by atomic mass is 125. The molecule has 1 unspecified atom stereocenters. The summed E-state index contributed by atoms with van der Waals surface area (Å²) >= 11 is 2.11. The van der Waals surface area contributed by atoms with E-state index in [1.54, 1.807) is 25.7 Å². The summed E-state index contributed by atoms with van der Waals surface area (Å²) < 4.78 is 0.909. The number of halogens is 1. The van der Waals surface area contributed by atoms with E-state index in [1.165, 1.54) is 6.20 Å². The normalized spacial score (nSPS) is 11.5. The van der Waals surface area contributed by atoms with Gasteiger partial charge in [-0.2, -0.15) is 0 Å². The van der Waals surface area contributed by atoms with Crippen LogP contribution in [0.25, 0.3) is 0 Å². The fourth-order valence-corrected chi connectivity index (χ4v) is 2.55. The maximum Gasteiger partial charge on any atom is 0.315 e. The third-order valence-corrected chi connectivity index (χ3v) is 4.02. The SMILES string of the molecule is CC(CCC(=O)O)NC(=O)N[CH]CCCCNC(=O)c1cncc([125I])c1. The van der Waals surface area contributed by atoms with Gasteiger partial charge in [0.1, 0.15) is 0 Å². The minimum absolute atomic E-state index is 0.0229. The quantitative estimate of drug-likeness (QED) is 0.291. The van der Waals surface area contributed by atoms with Crippen LogP contribution < -0.4 is 16.0 Å². The molecule has 4 N–H and O–H groups in total. The number of unbranched alkanes of at least 4 members (excludes halogenated alkanes) is 2. The number of carboxylic acid groups (broad SMARTS) is 1. The van der Waals surface area contributed by atoms with E-state index >= 15 is 0 Å². The Kier molecular flexibility index (Phi) is 10.6. The minimum Gasteiger partial charge on any atom is -0.481 e. The molecule has 1 aromatic heterocycles. The van der Waals surface area contributed by atoms with Gasteiger partial charge in [-0.15, -0.1) is 0 Å². The van der Waals surface area contributed by atoms with E-state index in [2.05, 4.69) is 43.5 Å². The van der Waals surface area contributed by atoms with Crippen LogP contribution in [0.2, 0.25) is 0 Å². The smallest absolute Gasteiger partial charge is 0.315 e. The van der Waals surface area contributed by atoms with E-state index in [4.69, 9.17) is 5.11 Å². The molecule has 1 atom stereocenters. The minimum atomic E-state index is -0.879. The average Bonchev–Trinajstić information content (AvgIpc) is 2.59. The highest BCUT2D eigenvalue weighted by Crippen LogP contribution is 2.05. The lowest BCUT2D eigenvalue weighted by Gasteiger charge is -2.13. The first-order valence-corrected chi connectivity index (χ1v) is 9.45. The van der Waals surface area contributed by atoms with Crippen molar-refractivity contribution in [2.24, 2.45) is 0 Å². The van der Waals surface area contributed by atoms with Gasteiger partial charge in [-0.05, 0) is 61.3 Å². The molecular formula is C17H24IN4O4. The van der Waals surface area contributed by atoms with E-state index in [1.807, 2.05) is 0 Å². The lowest BCUT2D eigenvalue weighted by Crippen LogP contribution is -2.39. The molecule has 0 saturated carbocycles. The Balaban J connectivity index is 2.04. The Morgan fingerprint density at radius 1 is 1.31 bits per heavy atom. The molecule has 143 valence electrons. The molecule has 1 heterocycles. The number of nitrogens with one attached hydrogen (secondary N) is 3. The van der Waals surface area contributed by atoms with Crippen molar-refractivity contribution < 1.29 is 19.5 Å². The molecule has 8 nitrogen and oxygen atoms in total. The topological polar surface area (TPSA) is 120 Å². The van der Waals surface area contributed by atoms with Crippen molar-refractivity contribution >= 4 is 40.5 Å². The van der Waals surface area contributed by atoms with E-state index in [9.17, 15) is 14.4 Å². The van der Waals surface area contributed by atoms with Gasteiger partial charge in [0.15, 0.2) is 0 Å². The monoisotopic (exact) mass is 473 g/mol. The Hall–Kier alpha value is -1.91. The summed E-state index contributed by atoms with van der Waals surface area (Å²) in [6.07, 6.45) is 5.91. The Labute approximate surface area is 166 Å². The number of carbonyl (C=O) groups is 3. The number of aromatic nitrogens is 1. The van der Waals surface area contributed by atoms with E-state index in [0.29, 0.717) is 24.9 Å². The van der Waals surface area contributed by atoms with Gasteiger partial charge < -0.3 is 21.1 Å². The van der Waals surface area contributed by atoms with Crippen LogP contribution in [0.15, 0.2) is 18.5 Å². The molecule has 1 aromatic rings. The van der Waals surface area contributed by atoms with E-state index < -0.39 is 5.97 Å². The molecule has 3 amide bonds. The highest BCUT2D eigenvalue weighted by Gasteiger charge is 2.09. The second-order valence-electron chi connectivity index (χ2n) is 5.80. The maximum absolute atomic E-state index is 11.9. The zero-order valence-corrected chi connectivity index (χ0v) is 16.8. The molecule has 0 aliphatic rings. The molecule has 0 aliphatic carbocycles. The van der Waals surface area contributed by atoms with Crippen LogP contribution in [0, 0.1) is 10.1 Å². The average molecular weight is 473 g/mol. The maximum atomic E-state index is 11.9. The number of rotatable bonds is 11. The number of amides is 3. The van der Waals surface area contributed by atoms with Crippen LogP contribution in [-0.2, 0) is 4.79 Å². The Morgan fingerprint density at radius 2 is 2.08 bits per heavy atom. The number of aliphatic carboxylic acids is 1. The summed E-state index contributed by atoms with van der Waals surface area (Å²) in [7, 11) is 0. The molecule has 0 spiro atoms. The number of pyridine rings is 1. The molecule has 0 aliphatic heterocycles. The summed E-state index contributed by atoms with van der Waals surface area (Å²) in [4.78, 5) is 37.9. The van der Waals surface area contributed by atoms with E-state index in [-0.39, 0.29) is 24.4 Å². The molecule has 0 saturated heterocycles. The van der Waals surface area contributed by atoms with Gasteiger partial charge in [0.05, 0.1) is 12.1 Å². The second-order valence-corrected chi connectivity index (χ2v) is 7.04. The molecule has 26 heavy (non-hydrogen) atoms. The fourth-order valence-electron chi connectivity index (χ4n) is 2.05. The molecule has 0 bridgehead atoms. The summed E-state index contributed by atoms with van der Waals surface area (Å²) in [6, 6.07) is 1.23. The second kappa shape index (κ2) is 12.4. The van der Waals surface area contributed by atoms with Crippen molar-refractivity contribution in [3.8, 4) is 0 Å². The molecule has 9 heteroatoms. The predicted molar refractivity (Wildman–Crippen MR) is 105 cm³/mol. The van der Waals surface area contributed by atoms with Crippen molar-refractivity contribution in [1.29, 1.82) is 0 Å². The van der Waals surface area contributed by atoms with Gasteiger partial charge in [-0.25, -0.2) is 4.79 Å². The van der Waals surface area contributed by atoms with Gasteiger partial charge in [0.2, 0.25) is 0 Å². The predicted octanol–water partition coefficient (Wildman–Crippen LogP) is 2.30. The summed E-state index contributed by atoms with van der Waals surface area (Å²) in [5, 5.41) is 16.7.